The Bertz CT molecular complexity index is 1070. The summed E-state index contributed by atoms with van der Waals surface area (Å²) in [6.45, 7) is 9.27. The first kappa shape index (κ1) is 20.7. The number of carbonyl (C=O) groups excluding carboxylic acids is 2. The maximum absolute atomic E-state index is 12.9. The van der Waals surface area contributed by atoms with E-state index in [-0.39, 0.29) is 31.0 Å². The van der Waals surface area contributed by atoms with Crippen LogP contribution in [0.5, 0.6) is 0 Å². The van der Waals surface area contributed by atoms with E-state index >= 15 is 0 Å². The number of amides is 2. The molecule has 2 aliphatic rings. The van der Waals surface area contributed by atoms with E-state index in [0.717, 1.165) is 0 Å². The fourth-order valence-corrected chi connectivity index (χ4v) is 4.19. The molecule has 156 valence electrons. The molecule has 3 heterocycles. The second kappa shape index (κ2) is 7.91. The summed E-state index contributed by atoms with van der Waals surface area (Å²) >= 11 is 12.1. The number of nitrogens with two attached hydrogens (primary N) is 1. The van der Waals surface area contributed by atoms with Crippen molar-refractivity contribution in [2.75, 3.05) is 19.8 Å². The maximum Gasteiger partial charge on any atom is 0.266 e. The lowest BCUT2D eigenvalue weighted by molar-refractivity contribution is -0.133. The lowest BCUT2D eigenvalue weighted by Crippen LogP contribution is -2.42. The van der Waals surface area contributed by atoms with E-state index in [1.807, 2.05) is 0 Å². The van der Waals surface area contributed by atoms with Crippen molar-refractivity contribution in [1.82, 2.24) is 14.7 Å². The number of ether oxygens (including phenoxy) is 1. The van der Waals surface area contributed by atoms with Crippen molar-refractivity contribution in [3.63, 3.8) is 0 Å². The Kier molecular flexibility index (Phi) is 5.45. The minimum absolute atomic E-state index is 0.0934. The predicted molar refractivity (Wildman–Crippen MR) is 111 cm³/mol. The van der Waals surface area contributed by atoms with Gasteiger partial charge in [-0.25, -0.2) is 6.57 Å². The molecule has 2 aromatic rings. The van der Waals surface area contributed by atoms with Gasteiger partial charge < -0.3 is 20.2 Å². The van der Waals surface area contributed by atoms with Crippen LogP contribution in [0.25, 0.3) is 16.1 Å². The average Bonchev–Trinajstić information content (AvgIpc) is 3.34. The summed E-state index contributed by atoms with van der Waals surface area (Å²) in [6, 6.07) is 4.98. The van der Waals surface area contributed by atoms with Crippen LogP contribution >= 0.6 is 23.2 Å². The number of aromatic nitrogens is 2. The fraction of sp³-hybridized carbons (Fsp3) is 0.400. The number of halogens is 2. The Morgan fingerprint density at radius 1 is 1.30 bits per heavy atom. The van der Waals surface area contributed by atoms with Gasteiger partial charge >= 0.3 is 0 Å². The highest BCUT2D eigenvalue weighted by Gasteiger charge is 2.45. The lowest BCUT2D eigenvalue weighted by atomic mass is 9.94. The van der Waals surface area contributed by atoms with E-state index in [9.17, 15) is 9.59 Å². The molecule has 1 saturated heterocycles. The monoisotopic (exact) mass is 447 g/mol. The van der Waals surface area contributed by atoms with E-state index in [0.29, 0.717) is 53.1 Å². The molecule has 2 N–H and O–H groups in total. The highest BCUT2D eigenvalue weighted by Crippen LogP contribution is 2.33. The van der Waals surface area contributed by atoms with Crippen molar-refractivity contribution >= 4 is 35.0 Å². The van der Waals surface area contributed by atoms with Gasteiger partial charge in [0.1, 0.15) is 18.7 Å². The summed E-state index contributed by atoms with van der Waals surface area (Å²) in [6.07, 6.45) is 0.637. The maximum atomic E-state index is 12.9. The first-order chi connectivity index (χ1) is 14.3. The van der Waals surface area contributed by atoms with Crippen molar-refractivity contribution in [2.45, 2.75) is 31.5 Å². The quantitative estimate of drug-likeness (QED) is 0.728. The number of hydrogen-bond donors (Lipinski definition) is 1. The van der Waals surface area contributed by atoms with Gasteiger partial charge in [-0.05, 0) is 12.1 Å². The molecule has 0 saturated carbocycles. The Morgan fingerprint density at radius 3 is 2.73 bits per heavy atom. The molecule has 0 aliphatic carbocycles. The summed E-state index contributed by atoms with van der Waals surface area (Å²) < 4.78 is 7.04. The van der Waals surface area contributed by atoms with Crippen molar-refractivity contribution in [3.8, 4) is 11.3 Å². The summed E-state index contributed by atoms with van der Waals surface area (Å²) in [4.78, 5) is 30.5. The zero-order valence-corrected chi connectivity index (χ0v) is 17.5. The molecule has 2 amide bonds. The van der Waals surface area contributed by atoms with Crippen LogP contribution < -0.4 is 5.73 Å². The van der Waals surface area contributed by atoms with E-state index in [1.165, 1.54) is 0 Å². The molecule has 1 atom stereocenters. The van der Waals surface area contributed by atoms with Gasteiger partial charge in [0.15, 0.2) is 0 Å². The van der Waals surface area contributed by atoms with E-state index in [4.69, 9.17) is 40.2 Å². The van der Waals surface area contributed by atoms with Gasteiger partial charge in [0, 0.05) is 12.1 Å². The van der Waals surface area contributed by atoms with Crippen LogP contribution in [-0.2, 0) is 22.6 Å². The predicted octanol–water partition coefficient (Wildman–Crippen LogP) is 2.77. The van der Waals surface area contributed by atoms with Crippen LogP contribution in [0.4, 0.5) is 0 Å². The van der Waals surface area contributed by atoms with Gasteiger partial charge in [0.2, 0.25) is 5.91 Å². The van der Waals surface area contributed by atoms with Crippen molar-refractivity contribution in [2.24, 2.45) is 5.73 Å². The third kappa shape index (κ3) is 3.65. The fourth-order valence-electron chi connectivity index (χ4n) is 3.89. The summed E-state index contributed by atoms with van der Waals surface area (Å²) in [5, 5.41) is 5.29. The van der Waals surface area contributed by atoms with Crippen LogP contribution in [0.15, 0.2) is 18.2 Å². The molecular weight excluding hydrogens is 429 g/mol. The Labute approximate surface area is 183 Å². The van der Waals surface area contributed by atoms with Crippen LogP contribution in [0.3, 0.4) is 0 Å². The topological polar surface area (TPSA) is 94.8 Å². The first-order valence-electron chi connectivity index (χ1n) is 9.42. The number of benzene rings is 1. The van der Waals surface area contributed by atoms with Gasteiger partial charge in [-0.3, -0.25) is 14.3 Å². The van der Waals surface area contributed by atoms with Crippen molar-refractivity contribution in [1.29, 1.82) is 0 Å². The zero-order chi connectivity index (χ0) is 21.5. The zero-order valence-electron chi connectivity index (χ0n) is 16.0. The molecule has 2 aliphatic heterocycles. The lowest BCUT2D eigenvalue weighted by Gasteiger charge is -2.29. The van der Waals surface area contributed by atoms with E-state index in [1.54, 1.807) is 27.8 Å². The van der Waals surface area contributed by atoms with Crippen molar-refractivity contribution in [3.05, 3.63) is 50.9 Å². The molecule has 30 heavy (non-hydrogen) atoms. The third-order valence-electron chi connectivity index (χ3n) is 5.57. The van der Waals surface area contributed by atoms with Gasteiger partial charge in [-0.2, -0.15) is 5.10 Å². The minimum atomic E-state index is -0.799. The molecule has 10 heteroatoms. The molecule has 1 aromatic heterocycles. The molecular formula is C20H19Cl2N5O3. The molecule has 0 radical (unpaired) electrons. The molecule has 1 unspecified atom stereocenters. The van der Waals surface area contributed by atoms with Crippen molar-refractivity contribution < 1.29 is 14.3 Å². The number of primary amides is 1. The normalized spacial score (nSPS) is 20.6. The Hall–Kier alpha value is -2.60. The minimum Gasteiger partial charge on any atom is -0.373 e. The molecule has 0 spiro atoms. The number of carbonyl (C=O) groups is 2. The molecule has 1 aromatic carbocycles. The summed E-state index contributed by atoms with van der Waals surface area (Å²) in [5.41, 5.74) is 6.73. The highest BCUT2D eigenvalue weighted by molar-refractivity contribution is 6.42. The molecule has 4 rings (SSSR count). The van der Waals surface area contributed by atoms with Gasteiger partial charge in [0.05, 0.1) is 47.4 Å². The summed E-state index contributed by atoms with van der Waals surface area (Å²) in [7, 11) is 0. The summed E-state index contributed by atoms with van der Waals surface area (Å²) in [5.74, 6) is -0.774. The standard InChI is InChI=1S/C20H19Cl2N5O3/c1-24-20(4-7-30-11-20)9-16(28)26-5-6-27-15(10-26)17(19(23)29)18(25-27)12-2-3-13(21)14(22)8-12/h2-3,8H,4-7,9-11H2,(H2,23,29). The van der Waals surface area contributed by atoms with Crippen LogP contribution in [0.1, 0.15) is 28.9 Å². The Balaban J connectivity index is 1.64. The number of hydrogen-bond acceptors (Lipinski definition) is 4. The average molecular weight is 448 g/mol. The second-order valence-corrected chi connectivity index (χ2v) is 8.33. The molecule has 1 fully saturated rings. The van der Waals surface area contributed by atoms with E-state index < -0.39 is 11.4 Å². The number of nitrogens with zero attached hydrogens (tertiary/aromatic N) is 4. The second-order valence-electron chi connectivity index (χ2n) is 7.52. The highest BCUT2D eigenvalue weighted by atomic mass is 35.5. The SMILES string of the molecule is [C-]#[N+]C1(CC(=O)N2CCn3nc(-c4ccc(Cl)c(Cl)c4)c(C(N)=O)c3C2)CCOC1. The van der Waals surface area contributed by atoms with E-state index in [2.05, 4.69) is 9.94 Å². The third-order valence-corrected chi connectivity index (χ3v) is 6.31. The first-order valence-corrected chi connectivity index (χ1v) is 10.2. The molecule has 8 nitrogen and oxygen atoms in total. The van der Waals surface area contributed by atoms with Crippen LogP contribution in [0.2, 0.25) is 10.0 Å². The van der Waals surface area contributed by atoms with Gasteiger partial charge in [0.25, 0.3) is 11.4 Å². The van der Waals surface area contributed by atoms with Crippen LogP contribution in [-0.4, -0.2) is 51.8 Å². The Morgan fingerprint density at radius 2 is 2.10 bits per heavy atom. The van der Waals surface area contributed by atoms with Gasteiger partial charge in [-0.1, -0.05) is 29.3 Å². The van der Waals surface area contributed by atoms with Crippen LogP contribution in [0, 0.1) is 6.57 Å². The largest absolute Gasteiger partial charge is 0.373 e. The number of fused-ring (bicyclic) bond motifs is 1. The number of rotatable bonds is 4. The molecule has 0 bridgehead atoms. The van der Waals surface area contributed by atoms with Gasteiger partial charge in [-0.15, -0.1) is 0 Å². The smallest absolute Gasteiger partial charge is 0.266 e.